The van der Waals surface area contributed by atoms with E-state index in [9.17, 15) is 8.78 Å². The molecule has 2 atom stereocenters. The summed E-state index contributed by atoms with van der Waals surface area (Å²) in [6, 6.07) is 7.23. The van der Waals surface area contributed by atoms with Crippen molar-refractivity contribution in [1.29, 1.82) is 0 Å². The van der Waals surface area contributed by atoms with Crippen LogP contribution in [-0.4, -0.2) is 15.1 Å². The van der Waals surface area contributed by atoms with Crippen molar-refractivity contribution < 1.29 is 13.3 Å². The predicted molar refractivity (Wildman–Crippen MR) is 74.0 cm³/mol. The monoisotopic (exact) mass is 299 g/mol. The van der Waals surface area contributed by atoms with Gasteiger partial charge in [-0.1, -0.05) is 11.2 Å². The highest BCUT2D eigenvalue weighted by molar-refractivity contribution is 5.52. The molecule has 0 amide bonds. The number of nitrogens with zero attached hydrogens (tertiary/aromatic N) is 3. The summed E-state index contributed by atoms with van der Waals surface area (Å²) in [6.45, 7) is 0. The molecule has 1 fully saturated rings. The van der Waals surface area contributed by atoms with Gasteiger partial charge in [-0.3, -0.25) is 4.98 Å². The highest BCUT2D eigenvalue weighted by atomic mass is 19.1. The summed E-state index contributed by atoms with van der Waals surface area (Å²) < 4.78 is 32.0. The molecule has 0 bridgehead atoms. The van der Waals surface area contributed by atoms with Crippen LogP contribution >= 0.6 is 0 Å². The summed E-state index contributed by atoms with van der Waals surface area (Å²) in [7, 11) is 0. The zero-order valence-corrected chi connectivity index (χ0v) is 11.4. The van der Waals surface area contributed by atoms with Gasteiger partial charge in [-0.05, 0) is 36.1 Å². The van der Waals surface area contributed by atoms with Crippen LogP contribution in [0, 0.1) is 11.6 Å². The largest absolute Gasteiger partial charge is 0.339 e. The van der Waals surface area contributed by atoms with Gasteiger partial charge in [0.05, 0.1) is 0 Å². The van der Waals surface area contributed by atoms with Gasteiger partial charge in [0.15, 0.2) is 0 Å². The normalized spacial score (nSPS) is 20.1. The van der Waals surface area contributed by atoms with E-state index in [4.69, 9.17) is 4.52 Å². The number of hydrogen-bond acceptors (Lipinski definition) is 4. The molecule has 22 heavy (non-hydrogen) atoms. The number of pyridine rings is 1. The molecule has 1 aromatic carbocycles. The zero-order valence-electron chi connectivity index (χ0n) is 11.4. The quantitative estimate of drug-likeness (QED) is 0.740. The Morgan fingerprint density at radius 3 is 2.64 bits per heavy atom. The maximum Gasteiger partial charge on any atom is 0.230 e. The molecule has 0 unspecified atom stereocenters. The van der Waals surface area contributed by atoms with Crippen molar-refractivity contribution in [3.8, 4) is 11.4 Å². The molecule has 2 heterocycles. The van der Waals surface area contributed by atoms with Crippen LogP contribution in [0.2, 0.25) is 0 Å². The lowest BCUT2D eigenvalue weighted by atomic mass is 10.1. The molecule has 110 valence electrons. The molecule has 0 radical (unpaired) electrons. The SMILES string of the molecule is Fc1ccc([C@@H]2C[C@@H]2c2nc(-c3ccncc3)no2)c(F)c1. The topological polar surface area (TPSA) is 51.8 Å². The average Bonchev–Trinajstić information content (AvgIpc) is 3.15. The van der Waals surface area contributed by atoms with Crippen LogP contribution in [0.15, 0.2) is 47.2 Å². The van der Waals surface area contributed by atoms with Gasteiger partial charge in [0, 0.05) is 29.9 Å². The van der Waals surface area contributed by atoms with Crippen LogP contribution in [0.4, 0.5) is 8.78 Å². The first-order valence-corrected chi connectivity index (χ1v) is 6.91. The van der Waals surface area contributed by atoms with E-state index in [1.165, 1.54) is 12.1 Å². The lowest BCUT2D eigenvalue weighted by Gasteiger charge is -2.00. The molecule has 4 nitrogen and oxygen atoms in total. The van der Waals surface area contributed by atoms with Crippen LogP contribution in [-0.2, 0) is 0 Å². The molecule has 1 aliphatic rings. The fourth-order valence-corrected chi connectivity index (χ4v) is 2.62. The van der Waals surface area contributed by atoms with Gasteiger partial charge in [0.25, 0.3) is 0 Å². The average molecular weight is 299 g/mol. The number of aromatic nitrogens is 3. The lowest BCUT2D eigenvalue weighted by Crippen LogP contribution is -1.91. The molecule has 4 rings (SSSR count). The Bertz CT molecular complexity index is 819. The predicted octanol–water partition coefficient (Wildman–Crippen LogP) is 3.68. The Morgan fingerprint density at radius 2 is 1.86 bits per heavy atom. The van der Waals surface area contributed by atoms with Gasteiger partial charge in [-0.25, -0.2) is 8.78 Å². The standard InChI is InChI=1S/C16H11F2N3O/c17-10-1-2-11(14(18)7-10)12-8-13(12)16-20-15(21-22-16)9-3-5-19-6-4-9/h1-7,12-13H,8H2/t12-,13-/m0/s1. The molecule has 2 aromatic heterocycles. The smallest absolute Gasteiger partial charge is 0.230 e. The van der Waals surface area contributed by atoms with E-state index in [0.717, 1.165) is 18.1 Å². The number of halogens is 2. The molecule has 1 saturated carbocycles. The Hall–Kier alpha value is -2.63. The maximum absolute atomic E-state index is 13.8. The molecule has 0 N–H and O–H groups in total. The van der Waals surface area contributed by atoms with Crippen LogP contribution in [0.25, 0.3) is 11.4 Å². The van der Waals surface area contributed by atoms with E-state index in [-0.39, 0.29) is 11.8 Å². The van der Waals surface area contributed by atoms with Crippen LogP contribution in [0.3, 0.4) is 0 Å². The van der Waals surface area contributed by atoms with Crippen molar-refractivity contribution in [2.24, 2.45) is 0 Å². The molecule has 0 spiro atoms. The minimum atomic E-state index is -0.573. The van der Waals surface area contributed by atoms with Gasteiger partial charge >= 0.3 is 0 Å². The summed E-state index contributed by atoms with van der Waals surface area (Å²) in [6.07, 6.45) is 4.03. The summed E-state index contributed by atoms with van der Waals surface area (Å²) in [5.74, 6) is -0.171. The van der Waals surface area contributed by atoms with E-state index < -0.39 is 11.6 Å². The summed E-state index contributed by atoms with van der Waals surface area (Å²) in [5.41, 5.74) is 1.31. The van der Waals surface area contributed by atoms with Gasteiger partial charge in [-0.2, -0.15) is 4.98 Å². The Balaban J connectivity index is 1.57. The minimum Gasteiger partial charge on any atom is -0.339 e. The van der Waals surface area contributed by atoms with Crippen molar-refractivity contribution in [1.82, 2.24) is 15.1 Å². The van der Waals surface area contributed by atoms with Crippen molar-refractivity contribution in [2.75, 3.05) is 0 Å². The van der Waals surface area contributed by atoms with Gasteiger partial charge in [0.2, 0.25) is 11.7 Å². The molecule has 0 aliphatic heterocycles. The molecule has 0 saturated heterocycles. The highest BCUT2D eigenvalue weighted by Gasteiger charge is 2.45. The molecule has 1 aliphatic carbocycles. The van der Waals surface area contributed by atoms with E-state index in [0.29, 0.717) is 17.3 Å². The molecular weight excluding hydrogens is 288 g/mol. The maximum atomic E-state index is 13.8. The third-order valence-electron chi connectivity index (χ3n) is 3.85. The molecular formula is C16H11F2N3O. The fourth-order valence-electron chi connectivity index (χ4n) is 2.62. The van der Waals surface area contributed by atoms with Crippen molar-refractivity contribution in [2.45, 2.75) is 18.3 Å². The van der Waals surface area contributed by atoms with Crippen LogP contribution in [0.1, 0.15) is 29.7 Å². The van der Waals surface area contributed by atoms with Crippen molar-refractivity contribution >= 4 is 0 Å². The van der Waals surface area contributed by atoms with Crippen LogP contribution < -0.4 is 0 Å². The fraction of sp³-hybridized carbons (Fsp3) is 0.188. The van der Waals surface area contributed by atoms with Gasteiger partial charge in [0.1, 0.15) is 11.6 Å². The molecule has 6 heteroatoms. The van der Waals surface area contributed by atoms with Crippen molar-refractivity contribution in [3.05, 3.63) is 65.8 Å². The summed E-state index contributed by atoms with van der Waals surface area (Å²) >= 11 is 0. The van der Waals surface area contributed by atoms with E-state index >= 15 is 0 Å². The van der Waals surface area contributed by atoms with E-state index in [1.807, 2.05) is 0 Å². The third-order valence-corrected chi connectivity index (χ3v) is 3.85. The Labute approximate surface area is 124 Å². The van der Waals surface area contributed by atoms with E-state index in [1.54, 1.807) is 24.5 Å². The minimum absolute atomic E-state index is 0.0111. The summed E-state index contributed by atoms with van der Waals surface area (Å²) in [5, 5.41) is 3.94. The van der Waals surface area contributed by atoms with Crippen LogP contribution in [0.5, 0.6) is 0 Å². The molecule has 3 aromatic rings. The first kappa shape index (κ1) is 13.1. The first-order chi connectivity index (χ1) is 10.7. The Kier molecular flexibility index (Phi) is 2.96. The van der Waals surface area contributed by atoms with Gasteiger partial charge in [-0.15, -0.1) is 0 Å². The first-order valence-electron chi connectivity index (χ1n) is 6.91. The van der Waals surface area contributed by atoms with Crippen molar-refractivity contribution in [3.63, 3.8) is 0 Å². The number of rotatable bonds is 3. The second-order valence-electron chi connectivity index (χ2n) is 5.31. The number of hydrogen-bond donors (Lipinski definition) is 0. The number of benzene rings is 1. The summed E-state index contributed by atoms with van der Waals surface area (Å²) in [4.78, 5) is 8.30. The Morgan fingerprint density at radius 1 is 1.05 bits per heavy atom. The second kappa shape index (κ2) is 4.98. The third kappa shape index (κ3) is 2.26. The second-order valence-corrected chi connectivity index (χ2v) is 5.31. The van der Waals surface area contributed by atoms with Gasteiger partial charge < -0.3 is 4.52 Å². The zero-order chi connectivity index (χ0) is 15.1. The lowest BCUT2D eigenvalue weighted by molar-refractivity contribution is 0.378. The van der Waals surface area contributed by atoms with E-state index in [2.05, 4.69) is 15.1 Å². The highest BCUT2D eigenvalue weighted by Crippen LogP contribution is 2.54.